The summed E-state index contributed by atoms with van der Waals surface area (Å²) in [5.74, 6) is -1.67. The molecule has 16 nitrogen and oxygen atoms in total. The van der Waals surface area contributed by atoms with E-state index in [2.05, 4.69) is 203 Å². The Morgan fingerprint density at radius 3 is 0.818 bits per heavy atom. The summed E-state index contributed by atoms with van der Waals surface area (Å²) in [4.78, 5) is 58.6. The number of hydrogen-bond acceptors (Lipinski definition) is 14. The van der Waals surface area contributed by atoms with Crippen molar-refractivity contribution in [3.63, 3.8) is 0 Å². The molecule has 0 aromatic rings. The summed E-state index contributed by atoms with van der Waals surface area (Å²) in [5, 5.41) is 20.6. The van der Waals surface area contributed by atoms with Gasteiger partial charge in [-0.1, -0.05) is 261 Å². The van der Waals surface area contributed by atoms with E-state index >= 15 is 0 Å². The van der Waals surface area contributed by atoms with Gasteiger partial charge in [0.05, 0.1) is 26.4 Å². The Labute approximate surface area is 598 Å². The number of rotatable bonds is 68. The SMILES string of the molecule is CC/C=C\C/C=C\C/C=C\C/C=C\C/C=C\C/C=C\CCCCC(=O)OCC(COP(=O)(O)OCC(O)COP(=O)(O)OCC(O)COC(=O)CCCCCCCCC/C=C\C/C=C\C/C=C\C/C=C\C/C=C\CC)OC(=O)CCCCCCCC/C=C\C/C=C\C/C=C\C/C=C\CC. The Bertz CT molecular complexity index is 2530. The summed E-state index contributed by atoms with van der Waals surface area (Å²) in [6.45, 7) is 2.23. The predicted octanol–water partition coefficient (Wildman–Crippen LogP) is 21.4. The maximum absolute atomic E-state index is 13.0. The third-order valence-corrected chi connectivity index (χ3v) is 16.5. The molecule has 5 unspecified atom stereocenters. The lowest BCUT2D eigenvalue weighted by Crippen LogP contribution is -2.30. The highest BCUT2D eigenvalue weighted by molar-refractivity contribution is 7.47. The molecule has 0 aromatic carbocycles. The number of esters is 3. The van der Waals surface area contributed by atoms with Crippen molar-refractivity contribution >= 4 is 33.6 Å². The predicted molar refractivity (Wildman–Crippen MR) is 408 cm³/mol. The van der Waals surface area contributed by atoms with Crippen LogP contribution in [0.5, 0.6) is 0 Å². The van der Waals surface area contributed by atoms with Crippen LogP contribution in [-0.4, -0.2) is 95.9 Å². The molecular weight excluding hydrogens is 1290 g/mol. The second-order valence-corrected chi connectivity index (χ2v) is 26.9. The van der Waals surface area contributed by atoms with Gasteiger partial charge in [-0.3, -0.25) is 32.5 Å². The average molecular weight is 1420 g/mol. The van der Waals surface area contributed by atoms with Gasteiger partial charge in [-0.25, -0.2) is 9.13 Å². The summed E-state index contributed by atoms with van der Waals surface area (Å²) in [5.41, 5.74) is 0. The van der Waals surface area contributed by atoms with Crippen LogP contribution in [0.15, 0.2) is 182 Å². The van der Waals surface area contributed by atoms with E-state index in [0.717, 1.165) is 193 Å². The first-order chi connectivity index (χ1) is 48.2. The lowest BCUT2D eigenvalue weighted by atomic mass is 10.1. The molecule has 5 atom stereocenters. The van der Waals surface area contributed by atoms with Gasteiger partial charge in [0.15, 0.2) is 6.10 Å². The Kier molecular flexibility index (Phi) is 68.5. The van der Waals surface area contributed by atoms with E-state index in [1.807, 2.05) is 0 Å². The molecule has 0 radical (unpaired) electrons. The normalized spacial score (nSPS) is 15.1. The second kappa shape index (κ2) is 72.4. The van der Waals surface area contributed by atoms with E-state index in [1.54, 1.807) is 0 Å². The molecule has 0 aromatic heterocycles. The number of ether oxygens (including phenoxy) is 3. The molecule has 0 saturated heterocycles. The van der Waals surface area contributed by atoms with Gasteiger partial charge < -0.3 is 34.2 Å². The quantitative estimate of drug-likeness (QED) is 0.0146. The van der Waals surface area contributed by atoms with Crippen molar-refractivity contribution in [1.82, 2.24) is 0 Å². The van der Waals surface area contributed by atoms with Gasteiger partial charge in [-0.2, -0.15) is 0 Å². The lowest BCUT2D eigenvalue weighted by Gasteiger charge is -2.21. The fourth-order valence-corrected chi connectivity index (χ4v) is 10.6. The Balaban J connectivity index is 4.77. The van der Waals surface area contributed by atoms with E-state index in [1.165, 1.54) is 0 Å². The Hall–Kier alpha value is -5.35. The van der Waals surface area contributed by atoms with E-state index < -0.39 is 91.5 Å². The molecule has 0 aliphatic rings. The van der Waals surface area contributed by atoms with Crippen LogP contribution < -0.4 is 0 Å². The standard InChI is InChI=1S/C81H130O16P2/c1-4-7-10-13-16-19-22-25-28-31-34-36-37-39-42-43-46-49-52-55-58-61-64-67-79(84)91-70-76(82)71-93-98(87,88)94-72-77(83)73-95-99(89,90)96-75-78(97-81(86)69-66-63-60-57-54-51-48-45-40-33-30-27-24-21-18-15-12-9-6-3)74-92-80(85)68-65-62-59-56-53-50-47-44-41-38-35-32-29-26-23-20-17-14-11-8-5-2/h7-12,16-21,25-30,34-36,38-40,42,44-45,47,53,56,76-78,82-83H,4-6,13-15,22-24,31-33,37,41,43,46,48-52,54-55,57-75H2,1-3H3,(H,87,88)(H,89,90)/b10-7-,11-8-,12-9-,19-16-,20-17-,21-18-,28-25-,29-26-,30-27-,36-34-,38-35-,42-39-,45-40-,47-44-,56-53-. The third-order valence-electron chi connectivity index (χ3n) is 14.6. The van der Waals surface area contributed by atoms with Crippen molar-refractivity contribution in [1.29, 1.82) is 0 Å². The van der Waals surface area contributed by atoms with E-state index in [-0.39, 0.29) is 19.3 Å². The van der Waals surface area contributed by atoms with Crippen LogP contribution in [0.2, 0.25) is 0 Å². The summed E-state index contributed by atoms with van der Waals surface area (Å²) in [6.07, 6.45) is 92.1. The number of carbonyl (C=O) groups excluding carboxylic acids is 3. The zero-order chi connectivity index (χ0) is 72.3. The largest absolute Gasteiger partial charge is 0.472 e. The molecule has 0 heterocycles. The van der Waals surface area contributed by atoms with Crippen molar-refractivity contribution in [2.24, 2.45) is 0 Å². The van der Waals surface area contributed by atoms with Gasteiger partial charge in [0, 0.05) is 19.3 Å². The minimum Gasteiger partial charge on any atom is -0.463 e. The van der Waals surface area contributed by atoms with Crippen molar-refractivity contribution in [3.05, 3.63) is 182 Å². The van der Waals surface area contributed by atoms with Crippen LogP contribution in [0.3, 0.4) is 0 Å². The van der Waals surface area contributed by atoms with E-state index in [4.69, 9.17) is 32.3 Å². The number of aliphatic hydroxyl groups is 2. The molecule has 0 saturated carbocycles. The minimum atomic E-state index is -4.95. The topological polar surface area (TPSA) is 231 Å². The maximum atomic E-state index is 13.0. The van der Waals surface area contributed by atoms with Crippen molar-refractivity contribution < 1.29 is 75.8 Å². The number of unbranched alkanes of at least 4 members (excludes halogenated alkanes) is 15. The van der Waals surface area contributed by atoms with E-state index in [9.17, 15) is 43.5 Å². The molecule has 560 valence electrons. The number of carbonyl (C=O) groups is 3. The molecule has 0 aliphatic carbocycles. The third kappa shape index (κ3) is 73.7. The highest BCUT2D eigenvalue weighted by Gasteiger charge is 2.29. The van der Waals surface area contributed by atoms with Crippen molar-refractivity contribution in [2.75, 3.05) is 39.6 Å². The first-order valence-electron chi connectivity index (χ1n) is 37.1. The van der Waals surface area contributed by atoms with Gasteiger partial charge in [0.25, 0.3) is 0 Å². The highest BCUT2D eigenvalue weighted by Crippen LogP contribution is 2.45. The molecule has 0 aliphatic heterocycles. The fraction of sp³-hybridized carbons (Fsp3) is 0.593. The first kappa shape index (κ1) is 93.6. The Morgan fingerprint density at radius 1 is 0.283 bits per heavy atom. The maximum Gasteiger partial charge on any atom is 0.472 e. The molecule has 0 bridgehead atoms. The van der Waals surface area contributed by atoms with E-state index in [0.29, 0.717) is 19.3 Å². The molecule has 0 rings (SSSR count). The highest BCUT2D eigenvalue weighted by atomic mass is 31.2. The van der Waals surface area contributed by atoms with Gasteiger partial charge in [-0.05, 0) is 154 Å². The van der Waals surface area contributed by atoms with Crippen LogP contribution >= 0.6 is 15.6 Å². The van der Waals surface area contributed by atoms with Crippen molar-refractivity contribution in [3.8, 4) is 0 Å². The summed E-state index contributed by atoms with van der Waals surface area (Å²) < 4.78 is 61.0. The van der Waals surface area contributed by atoms with Crippen LogP contribution in [0, 0.1) is 0 Å². The van der Waals surface area contributed by atoms with Crippen molar-refractivity contribution in [2.45, 2.75) is 270 Å². The first-order valence-corrected chi connectivity index (χ1v) is 40.1. The Morgan fingerprint density at radius 2 is 0.505 bits per heavy atom. The minimum absolute atomic E-state index is 0.0703. The summed E-state index contributed by atoms with van der Waals surface area (Å²) in [6, 6.07) is 0. The van der Waals surface area contributed by atoms with Gasteiger partial charge in [0.1, 0.15) is 25.4 Å². The molecule has 99 heavy (non-hydrogen) atoms. The van der Waals surface area contributed by atoms with Crippen LogP contribution in [-0.2, 0) is 55.8 Å². The summed E-state index contributed by atoms with van der Waals surface area (Å²) >= 11 is 0. The van der Waals surface area contributed by atoms with Crippen LogP contribution in [0.1, 0.15) is 252 Å². The van der Waals surface area contributed by atoms with Gasteiger partial charge in [-0.15, -0.1) is 0 Å². The number of allylic oxidation sites excluding steroid dienone is 30. The number of hydrogen-bond donors (Lipinski definition) is 4. The zero-order valence-corrected chi connectivity index (χ0v) is 62.6. The smallest absolute Gasteiger partial charge is 0.463 e. The van der Waals surface area contributed by atoms with Crippen LogP contribution in [0.4, 0.5) is 0 Å². The molecule has 0 spiro atoms. The number of phosphoric ester groups is 2. The molecule has 0 fully saturated rings. The molecule has 18 heteroatoms. The fourth-order valence-electron chi connectivity index (χ4n) is 9.06. The number of aliphatic hydroxyl groups excluding tert-OH is 2. The average Bonchev–Trinajstić information content (AvgIpc) is 2.42. The van der Waals surface area contributed by atoms with Crippen LogP contribution in [0.25, 0.3) is 0 Å². The molecule has 4 N–H and O–H groups in total. The van der Waals surface area contributed by atoms with Gasteiger partial charge in [0.2, 0.25) is 0 Å². The summed E-state index contributed by atoms with van der Waals surface area (Å²) in [7, 11) is -9.82. The second-order valence-electron chi connectivity index (χ2n) is 23.9. The zero-order valence-electron chi connectivity index (χ0n) is 60.8. The number of phosphoric acid groups is 2. The monoisotopic (exact) mass is 1420 g/mol. The molecular formula is C81H130O16P2. The lowest BCUT2D eigenvalue weighted by molar-refractivity contribution is -0.161. The van der Waals surface area contributed by atoms with Gasteiger partial charge >= 0.3 is 33.6 Å². The molecule has 0 amide bonds.